The molecule has 90 valence electrons. The molecule has 1 aromatic carbocycles. The van der Waals surface area contributed by atoms with E-state index in [9.17, 15) is 4.39 Å². The van der Waals surface area contributed by atoms with E-state index in [-0.39, 0.29) is 11.9 Å². The molecule has 0 amide bonds. The fourth-order valence-corrected chi connectivity index (χ4v) is 1.90. The fraction of sp³-hybridized carbons (Fsp3) is 0.250. The number of hydrogen-bond donors (Lipinski definition) is 1. The van der Waals surface area contributed by atoms with Gasteiger partial charge < -0.3 is 9.88 Å². The Labute approximate surface area is 108 Å². The van der Waals surface area contributed by atoms with Gasteiger partial charge >= 0.3 is 0 Å². The van der Waals surface area contributed by atoms with Crippen LogP contribution in [0.15, 0.2) is 35.1 Å². The SMILES string of the molecule is CC(C)n1ccnc1Nc1cc(Br)ccc1F. The molecule has 0 spiro atoms. The molecule has 2 rings (SSSR count). The molecule has 0 bridgehead atoms. The van der Waals surface area contributed by atoms with E-state index < -0.39 is 0 Å². The molecule has 17 heavy (non-hydrogen) atoms. The summed E-state index contributed by atoms with van der Waals surface area (Å²) in [5.74, 6) is 0.337. The van der Waals surface area contributed by atoms with Gasteiger partial charge in [0.25, 0.3) is 0 Å². The lowest BCUT2D eigenvalue weighted by atomic mass is 10.3. The number of nitrogens with one attached hydrogen (secondary N) is 1. The van der Waals surface area contributed by atoms with E-state index in [1.165, 1.54) is 6.07 Å². The molecule has 2 aromatic rings. The summed E-state index contributed by atoms with van der Waals surface area (Å²) in [6.45, 7) is 4.09. The number of anilines is 2. The van der Waals surface area contributed by atoms with Crippen molar-refractivity contribution in [2.45, 2.75) is 19.9 Å². The van der Waals surface area contributed by atoms with E-state index in [4.69, 9.17) is 0 Å². The number of nitrogens with zero attached hydrogens (tertiary/aromatic N) is 2. The highest BCUT2D eigenvalue weighted by Gasteiger charge is 2.09. The van der Waals surface area contributed by atoms with E-state index in [2.05, 4.69) is 26.2 Å². The number of rotatable bonds is 3. The van der Waals surface area contributed by atoms with Gasteiger partial charge in [-0.3, -0.25) is 0 Å². The molecule has 0 fully saturated rings. The van der Waals surface area contributed by atoms with Crippen LogP contribution in [0.4, 0.5) is 16.0 Å². The van der Waals surface area contributed by atoms with Crippen molar-refractivity contribution in [3.8, 4) is 0 Å². The first-order chi connectivity index (χ1) is 8.08. The third-order valence-corrected chi connectivity index (χ3v) is 2.89. The van der Waals surface area contributed by atoms with Gasteiger partial charge in [0.05, 0.1) is 5.69 Å². The van der Waals surface area contributed by atoms with Crippen molar-refractivity contribution in [3.63, 3.8) is 0 Å². The summed E-state index contributed by atoms with van der Waals surface area (Å²) >= 11 is 3.31. The zero-order valence-corrected chi connectivity index (χ0v) is 11.2. The molecule has 0 aliphatic rings. The second-order valence-corrected chi connectivity index (χ2v) is 4.92. The van der Waals surface area contributed by atoms with Crippen LogP contribution < -0.4 is 5.32 Å². The van der Waals surface area contributed by atoms with Gasteiger partial charge in [-0.15, -0.1) is 0 Å². The van der Waals surface area contributed by atoms with Crippen LogP contribution >= 0.6 is 15.9 Å². The number of halogens is 2. The van der Waals surface area contributed by atoms with E-state index >= 15 is 0 Å². The first kappa shape index (κ1) is 12.1. The summed E-state index contributed by atoms with van der Waals surface area (Å²) in [6.07, 6.45) is 3.56. The number of benzene rings is 1. The van der Waals surface area contributed by atoms with Crippen molar-refractivity contribution in [1.82, 2.24) is 9.55 Å². The highest BCUT2D eigenvalue weighted by Crippen LogP contribution is 2.24. The number of imidazole rings is 1. The summed E-state index contributed by atoms with van der Waals surface area (Å²) in [4.78, 5) is 4.17. The van der Waals surface area contributed by atoms with Crippen LogP contribution in [-0.4, -0.2) is 9.55 Å². The average Bonchev–Trinajstić information content (AvgIpc) is 2.71. The molecule has 1 N–H and O–H groups in total. The van der Waals surface area contributed by atoms with E-state index in [1.54, 1.807) is 18.3 Å². The molecule has 3 nitrogen and oxygen atoms in total. The van der Waals surface area contributed by atoms with Crippen LogP contribution in [0.2, 0.25) is 0 Å². The standard InChI is InChI=1S/C12H13BrFN3/c1-8(2)17-6-5-15-12(17)16-11-7-9(13)3-4-10(11)14/h3-8H,1-2H3,(H,15,16). The maximum Gasteiger partial charge on any atom is 0.207 e. The van der Waals surface area contributed by atoms with Crippen molar-refractivity contribution in [3.05, 3.63) is 40.9 Å². The smallest absolute Gasteiger partial charge is 0.207 e. The highest BCUT2D eigenvalue weighted by atomic mass is 79.9. The molecular formula is C12H13BrFN3. The topological polar surface area (TPSA) is 29.9 Å². The third kappa shape index (κ3) is 2.66. The number of aromatic nitrogens is 2. The van der Waals surface area contributed by atoms with Gasteiger partial charge in [0, 0.05) is 22.9 Å². The van der Waals surface area contributed by atoms with Gasteiger partial charge in [0.2, 0.25) is 5.95 Å². The Hall–Kier alpha value is -1.36. The van der Waals surface area contributed by atoms with E-state index in [0.717, 1.165) is 4.47 Å². The summed E-state index contributed by atoms with van der Waals surface area (Å²) in [6, 6.07) is 5.04. The third-order valence-electron chi connectivity index (χ3n) is 2.40. The van der Waals surface area contributed by atoms with Crippen LogP contribution in [0, 0.1) is 5.82 Å². The molecule has 0 atom stereocenters. The lowest BCUT2D eigenvalue weighted by molar-refractivity contribution is 0.604. The Kier molecular flexibility index (Phi) is 3.47. The molecule has 1 heterocycles. The zero-order chi connectivity index (χ0) is 12.4. The van der Waals surface area contributed by atoms with Gasteiger partial charge in [0.15, 0.2) is 0 Å². The minimum absolute atomic E-state index is 0.273. The summed E-state index contributed by atoms with van der Waals surface area (Å²) in [5.41, 5.74) is 0.410. The van der Waals surface area contributed by atoms with Crippen LogP contribution in [-0.2, 0) is 0 Å². The van der Waals surface area contributed by atoms with Crippen molar-refractivity contribution in [2.24, 2.45) is 0 Å². The van der Waals surface area contributed by atoms with Gasteiger partial charge in [0.1, 0.15) is 5.82 Å². The van der Waals surface area contributed by atoms with Crippen molar-refractivity contribution in [2.75, 3.05) is 5.32 Å². The summed E-state index contributed by atoms with van der Waals surface area (Å²) in [5, 5.41) is 2.99. The fourth-order valence-electron chi connectivity index (χ4n) is 1.54. The lowest BCUT2D eigenvalue weighted by Crippen LogP contribution is -2.06. The predicted molar refractivity (Wildman–Crippen MR) is 70.0 cm³/mol. The van der Waals surface area contributed by atoms with Crippen LogP contribution in [0.3, 0.4) is 0 Å². The summed E-state index contributed by atoms with van der Waals surface area (Å²) < 4.78 is 16.3. The van der Waals surface area contributed by atoms with Gasteiger partial charge in [-0.1, -0.05) is 15.9 Å². The van der Waals surface area contributed by atoms with Crippen LogP contribution in [0.5, 0.6) is 0 Å². The van der Waals surface area contributed by atoms with Gasteiger partial charge in [-0.2, -0.15) is 0 Å². The van der Waals surface area contributed by atoms with E-state index in [1.807, 2.05) is 24.6 Å². The molecule has 0 radical (unpaired) electrons. The predicted octanol–water partition coefficient (Wildman–Crippen LogP) is 4.11. The molecule has 0 aliphatic carbocycles. The summed E-state index contributed by atoms with van der Waals surface area (Å²) in [7, 11) is 0. The largest absolute Gasteiger partial charge is 0.323 e. The molecule has 0 unspecified atom stereocenters. The number of hydrogen-bond acceptors (Lipinski definition) is 2. The first-order valence-corrected chi connectivity index (χ1v) is 6.12. The molecule has 1 aromatic heterocycles. The normalized spacial score (nSPS) is 10.9. The van der Waals surface area contributed by atoms with Crippen LogP contribution in [0.25, 0.3) is 0 Å². The molecule has 5 heteroatoms. The monoisotopic (exact) mass is 297 g/mol. The highest BCUT2D eigenvalue weighted by molar-refractivity contribution is 9.10. The maximum absolute atomic E-state index is 13.6. The average molecular weight is 298 g/mol. The molecule has 0 aliphatic heterocycles. The Morgan fingerprint density at radius 1 is 1.41 bits per heavy atom. The minimum atomic E-state index is -0.300. The Bertz CT molecular complexity index is 522. The Balaban J connectivity index is 2.31. The van der Waals surface area contributed by atoms with Crippen LogP contribution in [0.1, 0.15) is 19.9 Å². The quantitative estimate of drug-likeness (QED) is 0.924. The van der Waals surface area contributed by atoms with Crippen molar-refractivity contribution < 1.29 is 4.39 Å². The molecule has 0 saturated carbocycles. The van der Waals surface area contributed by atoms with Crippen molar-refractivity contribution >= 4 is 27.6 Å². The first-order valence-electron chi connectivity index (χ1n) is 5.33. The minimum Gasteiger partial charge on any atom is -0.323 e. The van der Waals surface area contributed by atoms with Gasteiger partial charge in [-0.05, 0) is 32.0 Å². The maximum atomic E-state index is 13.6. The second-order valence-electron chi connectivity index (χ2n) is 4.00. The molecule has 0 saturated heterocycles. The van der Waals surface area contributed by atoms with Crippen molar-refractivity contribution in [1.29, 1.82) is 0 Å². The molecular weight excluding hydrogens is 285 g/mol. The Morgan fingerprint density at radius 2 is 2.18 bits per heavy atom. The zero-order valence-electron chi connectivity index (χ0n) is 9.61. The second kappa shape index (κ2) is 4.87. The lowest BCUT2D eigenvalue weighted by Gasteiger charge is -2.13. The van der Waals surface area contributed by atoms with E-state index in [0.29, 0.717) is 11.6 Å². The Morgan fingerprint density at radius 3 is 2.88 bits per heavy atom. The van der Waals surface area contributed by atoms with Gasteiger partial charge in [-0.25, -0.2) is 9.37 Å².